The molecule has 3 heterocycles. The summed E-state index contributed by atoms with van der Waals surface area (Å²) in [5.74, 6) is 1.48. The molecule has 44 heavy (non-hydrogen) atoms. The standard InChI is InChI=1S/C39H30N4S/c1-24(41-38(31-15-6-8-16-33(31)40)43-34-17-9-7-14-29(34)30-22-23-44-39(30)43)42-35-21-19-25-10-2-4-12-27(25)36(35)32-20-18-26-11-3-5-13-28(26)37(32)42/h2-3,5-11,13-18,20,22-23H,1,4,12,19,21,40H2. The number of fused-ring (bicyclic) bond motifs is 9. The largest absolute Gasteiger partial charge is 0.398 e. The highest BCUT2D eigenvalue weighted by Crippen LogP contribution is 2.45. The van der Waals surface area contributed by atoms with Crippen LogP contribution in [-0.4, -0.2) is 15.0 Å². The van der Waals surface area contributed by atoms with Crippen molar-refractivity contribution in [3.8, 4) is 0 Å². The lowest BCUT2D eigenvalue weighted by atomic mass is 9.83. The molecule has 0 radical (unpaired) electrons. The lowest BCUT2D eigenvalue weighted by molar-refractivity contribution is 0.845. The zero-order chi connectivity index (χ0) is 29.4. The fraction of sp³-hybridized carbons (Fsp3) is 0.103. The SMILES string of the molecule is C=C(N=C(c1ccccc1N)n1c2ccccc2c2ccsc21)n1c2c(c3ccc4ccccc4c31)C1=C(C=CCC1)CC2. The quantitative estimate of drug-likeness (QED) is 0.125. The Labute approximate surface area is 259 Å². The third-order valence-corrected chi connectivity index (χ3v) is 10.2. The van der Waals surface area contributed by atoms with E-state index in [9.17, 15) is 0 Å². The first-order chi connectivity index (χ1) is 21.7. The number of allylic oxidation sites excluding steroid dienone is 4. The van der Waals surface area contributed by atoms with Gasteiger partial charge in [-0.25, -0.2) is 4.99 Å². The van der Waals surface area contributed by atoms with Crippen LogP contribution in [0.3, 0.4) is 0 Å². The molecule has 0 aliphatic heterocycles. The number of hydrogen-bond donors (Lipinski definition) is 1. The van der Waals surface area contributed by atoms with E-state index in [-0.39, 0.29) is 0 Å². The molecule has 7 aromatic rings. The second-order valence-electron chi connectivity index (χ2n) is 11.7. The molecule has 4 nitrogen and oxygen atoms in total. The Kier molecular flexibility index (Phi) is 5.59. The predicted octanol–water partition coefficient (Wildman–Crippen LogP) is 10.0. The van der Waals surface area contributed by atoms with Crippen molar-refractivity contribution in [2.45, 2.75) is 25.7 Å². The van der Waals surface area contributed by atoms with Gasteiger partial charge < -0.3 is 5.73 Å². The number of aliphatic imine (C=N–C) groups is 1. The van der Waals surface area contributed by atoms with Crippen molar-refractivity contribution in [3.05, 3.63) is 138 Å². The number of nitrogen functional groups attached to an aromatic ring is 1. The van der Waals surface area contributed by atoms with Crippen molar-refractivity contribution < 1.29 is 0 Å². The minimum atomic E-state index is 0.690. The Bertz CT molecular complexity index is 2420. The summed E-state index contributed by atoms with van der Waals surface area (Å²) >= 11 is 1.73. The van der Waals surface area contributed by atoms with Gasteiger partial charge in [-0.1, -0.05) is 85.5 Å². The molecular weight excluding hydrogens is 557 g/mol. The van der Waals surface area contributed by atoms with Crippen LogP contribution >= 0.6 is 11.3 Å². The number of thiophene rings is 1. The van der Waals surface area contributed by atoms with Gasteiger partial charge in [0.05, 0.1) is 11.0 Å². The average molecular weight is 587 g/mol. The molecule has 0 bridgehead atoms. The molecular formula is C39H30N4S. The molecule has 0 saturated carbocycles. The predicted molar refractivity (Wildman–Crippen MR) is 188 cm³/mol. The molecule has 2 aliphatic carbocycles. The van der Waals surface area contributed by atoms with E-state index >= 15 is 0 Å². The molecule has 0 atom stereocenters. The van der Waals surface area contributed by atoms with Crippen molar-refractivity contribution in [2.24, 2.45) is 4.99 Å². The van der Waals surface area contributed by atoms with Crippen LogP contribution in [0.1, 0.15) is 36.1 Å². The van der Waals surface area contributed by atoms with Gasteiger partial charge in [-0.05, 0) is 71.9 Å². The molecule has 3 aromatic heterocycles. The topological polar surface area (TPSA) is 48.2 Å². The zero-order valence-electron chi connectivity index (χ0n) is 24.3. The van der Waals surface area contributed by atoms with Crippen molar-refractivity contribution >= 4 is 77.0 Å². The normalized spacial score (nSPS) is 15.0. The first-order valence-electron chi connectivity index (χ1n) is 15.2. The number of para-hydroxylation sites is 2. The molecule has 5 heteroatoms. The molecule has 0 spiro atoms. The van der Waals surface area contributed by atoms with E-state index in [1.165, 1.54) is 54.9 Å². The highest BCUT2D eigenvalue weighted by atomic mass is 32.1. The van der Waals surface area contributed by atoms with Crippen LogP contribution in [0.25, 0.3) is 54.2 Å². The number of rotatable bonds is 3. The number of nitrogens with zero attached hydrogens (tertiary/aromatic N) is 3. The summed E-state index contributed by atoms with van der Waals surface area (Å²) in [5.41, 5.74) is 16.2. The van der Waals surface area contributed by atoms with Gasteiger partial charge in [-0.3, -0.25) is 9.13 Å². The van der Waals surface area contributed by atoms with Crippen molar-refractivity contribution in [2.75, 3.05) is 5.73 Å². The lowest BCUT2D eigenvalue weighted by Gasteiger charge is -2.24. The van der Waals surface area contributed by atoms with E-state index in [1.807, 2.05) is 18.2 Å². The Morgan fingerprint density at radius 1 is 0.773 bits per heavy atom. The highest BCUT2D eigenvalue weighted by Gasteiger charge is 2.29. The summed E-state index contributed by atoms with van der Waals surface area (Å²) in [6.07, 6.45) is 8.79. The van der Waals surface area contributed by atoms with Crippen LogP contribution in [0.2, 0.25) is 0 Å². The molecule has 2 N–H and O–H groups in total. The van der Waals surface area contributed by atoms with Crippen molar-refractivity contribution in [1.82, 2.24) is 9.13 Å². The third-order valence-electron chi connectivity index (χ3n) is 9.34. The number of aromatic nitrogens is 2. The Morgan fingerprint density at radius 3 is 2.50 bits per heavy atom. The molecule has 0 unspecified atom stereocenters. The minimum absolute atomic E-state index is 0.690. The maximum atomic E-state index is 6.69. The van der Waals surface area contributed by atoms with E-state index in [0.717, 1.165) is 47.4 Å². The number of benzene rings is 4. The van der Waals surface area contributed by atoms with Crippen LogP contribution in [0.15, 0.2) is 126 Å². The first kappa shape index (κ1) is 25.4. The van der Waals surface area contributed by atoms with Gasteiger partial charge in [-0.15, -0.1) is 11.3 Å². The van der Waals surface area contributed by atoms with Gasteiger partial charge in [0.2, 0.25) is 0 Å². The van der Waals surface area contributed by atoms with E-state index in [2.05, 4.69) is 99.5 Å². The smallest absolute Gasteiger partial charge is 0.150 e. The molecule has 212 valence electrons. The molecule has 0 fully saturated rings. The lowest BCUT2D eigenvalue weighted by Crippen LogP contribution is -2.16. The Morgan fingerprint density at radius 2 is 1.59 bits per heavy atom. The second-order valence-corrected chi connectivity index (χ2v) is 12.6. The summed E-state index contributed by atoms with van der Waals surface area (Å²) < 4.78 is 4.63. The summed E-state index contributed by atoms with van der Waals surface area (Å²) in [7, 11) is 0. The summed E-state index contributed by atoms with van der Waals surface area (Å²) in [6, 6.07) is 32.0. The number of nitrogens with two attached hydrogens (primary N) is 1. The van der Waals surface area contributed by atoms with Gasteiger partial charge in [0.1, 0.15) is 16.5 Å². The maximum absolute atomic E-state index is 6.69. The summed E-state index contributed by atoms with van der Waals surface area (Å²) in [5, 5.41) is 8.30. The summed E-state index contributed by atoms with van der Waals surface area (Å²) in [6.45, 7) is 4.71. The van der Waals surface area contributed by atoms with Gasteiger partial charge >= 0.3 is 0 Å². The maximum Gasteiger partial charge on any atom is 0.150 e. The van der Waals surface area contributed by atoms with Crippen LogP contribution in [0.4, 0.5) is 5.69 Å². The van der Waals surface area contributed by atoms with Gasteiger partial charge in [0.25, 0.3) is 0 Å². The van der Waals surface area contributed by atoms with Crippen LogP contribution in [0.5, 0.6) is 0 Å². The van der Waals surface area contributed by atoms with Gasteiger partial charge in [0, 0.05) is 44.1 Å². The molecule has 0 saturated heterocycles. The van der Waals surface area contributed by atoms with Crippen LogP contribution < -0.4 is 5.73 Å². The van der Waals surface area contributed by atoms with E-state index < -0.39 is 0 Å². The Hall–Kier alpha value is -5.13. The van der Waals surface area contributed by atoms with Gasteiger partial charge in [0.15, 0.2) is 0 Å². The summed E-state index contributed by atoms with van der Waals surface area (Å²) in [4.78, 5) is 6.63. The fourth-order valence-corrected chi connectivity index (χ4v) is 8.37. The molecule has 0 amide bonds. The van der Waals surface area contributed by atoms with Crippen LogP contribution in [0, 0.1) is 0 Å². The highest BCUT2D eigenvalue weighted by molar-refractivity contribution is 7.17. The van der Waals surface area contributed by atoms with Crippen molar-refractivity contribution in [3.63, 3.8) is 0 Å². The molecule has 2 aliphatic rings. The van der Waals surface area contributed by atoms with Crippen LogP contribution in [-0.2, 0) is 6.42 Å². The van der Waals surface area contributed by atoms with E-state index in [4.69, 9.17) is 17.3 Å². The van der Waals surface area contributed by atoms with E-state index in [1.54, 1.807) is 11.3 Å². The number of anilines is 1. The minimum Gasteiger partial charge on any atom is -0.398 e. The van der Waals surface area contributed by atoms with Crippen molar-refractivity contribution in [1.29, 1.82) is 0 Å². The fourth-order valence-electron chi connectivity index (χ4n) is 7.44. The Balaban J connectivity index is 1.37. The van der Waals surface area contributed by atoms with Gasteiger partial charge in [-0.2, -0.15) is 0 Å². The second kappa shape index (κ2) is 9.69. The van der Waals surface area contributed by atoms with E-state index in [0.29, 0.717) is 11.5 Å². The first-order valence-corrected chi connectivity index (χ1v) is 16.1. The number of hydrogen-bond acceptors (Lipinski definition) is 3. The average Bonchev–Trinajstić information content (AvgIpc) is 3.76. The molecule has 9 rings (SSSR count). The molecule has 4 aromatic carbocycles. The zero-order valence-corrected chi connectivity index (χ0v) is 25.1. The third kappa shape index (κ3) is 3.60. The monoisotopic (exact) mass is 586 g/mol.